The first kappa shape index (κ1) is 19.2. The first-order valence-electron chi connectivity index (χ1n) is 10.3. The summed E-state index contributed by atoms with van der Waals surface area (Å²) in [4.78, 5) is 2.30. The molecule has 1 spiro atoms. The van der Waals surface area contributed by atoms with Gasteiger partial charge in [-0.3, -0.25) is 0 Å². The van der Waals surface area contributed by atoms with E-state index in [0.29, 0.717) is 35.7 Å². The molecule has 3 aliphatic rings. The number of nitrogens with zero attached hydrogens (tertiary/aromatic N) is 1. The van der Waals surface area contributed by atoms with Crippen LogP contribution >= 0.6 is 0 Å². The van der Waals surface area contributed by atoms with Gasteiger partial charge in [-0.1, -0.05) is 48.9 Å². The fourth-order valence-corrected chi connectivity index (χ4v) is 5.63. The van der Waals surface area contributed by atoms with Crippen molar-refractivity contribution in [2.45, 2.75) is 44.7 Å². The molecule has 2 atom stereocenters. The van der Waals surface area contributed by atoms with Crippen molar-refractivity contribution in [3.8, 4) is 0 Å². The van der Waals surface area contributed by atoms with Crippen LogP contribution in [0, 0.1) is 11.3 Å². The van der Waals surface area contributed by atoms with Crippen molar-refractivity contribution in [1.82, 2.24) is 10.2 Å². The lowest BCUT2D eigenvalue weighted by molar-refractivity contribution is -0.0759. The maximum absolute atomic E-state index is 11.3. The number of likely N-dealkylation sites (tertiary alicyclic amines) is 1. The van der Waals surface area contributed by atoms with Crippen LogP contribution in [0.1, 0.15) is 38.2 Å². The van der Waals surface area contributed by atoms with Crippen molar-refractivity contribution in [3.05, 3.63) is 41.5 Å². The standard InChI is InChI=1S/C22H32N2O2S/c1-3-18(11-17-7-5-4-6-8-17)20-12-21(20)23-19-13-22(14-19)15-24(16-22)9-10-27(2,25)26/h4-8,11,19-21,23H,3,9-10,12-16H2,1-2H3/b18-11+/t20-,21+/m0/s1. The third-order valence-electron chi connectivity index (χ3n) is 6.53. The molecule has 0 unspecified atom stereocenters. The molecule has 0 radical (unpaired) electrons. The quantitative estimate of drug-likeness (QED) is 0.744. The van der Waals surface area contributed by atoms with Crippen LogP contribution in [0.2, 0.25) is 0 Å². The summed E-state index contributed by atoms with van der Waals surface area (Å²) >= 11 is 0. The fraction of sp³-hybridized carbons (Fsp3) is 0.636. The Bertz CT molecular complexity index is 789. The van der Waals surface area contributed by atoms with Gasteiger partial charge >= 0.3 is 0 Å². The molecule has 4 nitrogen and oxygen atoms in total. The summed E-state index contributed by atoms with van der Waals surface area (Å²) in [6.07, 6.45) is 8.62. The van der Waals surface area contributed by atoms with Crippen molar-refractivity contribution < 1.29 is 8.42 Å². The minimum Gasteiger partial charge on any atom is -0.311 e. The monoisotopic (exact) mass is 388 g/mol. The van der Waals surface area contributed by atoms with Crippen LogP contribution in [-0.2, 0) is 9.84 Å². The molecule has 1 aromatic carbocycles. The van der Waals surface area contributed by atoms with Crippen LogP contribution in [0.3, 0.4) is 0 Å². The number of rotatable bonds is 8. The highest BCUT2D eigenvalue weighted by molar-refractivity contribution is 7.90. The van der Waals surface area contributed by atoms with Gasteiger partial charge in [-0.05, 0) is 42.6 Å². The average Bonchev–Trinajstić information content (AvgIpc) is 3.31. The number of benzene rings is 1. The number of hydrogen-bond acceptors (Lipinski definition) is 4. The maximum Gasteiger partial charge on any atom is 0.148 e. The lowest BCUT2D eigenvalue weighted by atomic mass is 9.60. The minimum atomic E-state index is -2.84. The summed E-state index contributed by atoms with van der Waals surface area (Å²) in [5.41, 5.74) is 3.36. The molecule has 2 aliphatic carbocycles. The molecule has 27 heavy (non-hydrogen) atoms. The zero-order chi connectivity index (χ0) is 19.1. The van der Waals surface area contributed by atoms with E-state index in [4.69, 9.17) is 0 Å². The highest BCUT2D eigenvalue weighted by atomic mass is 32.2. The van der Waals surface area contributed by atoms with E-state index in [0.717, 1.165) is 19.5 Å². The smallest absolute Gasteiger partial charge is 0.148 e. The molecule has 1 aromatic rings. The molecule has 2 saturated carbocycles. The highest BCUT2D eigenvalue weighted by Gasteiger charge is 2.53. The summed E-state index contributed by atoms with van der Waals surface area (Å²) in [5, 5.41) is 3.88. The van der Waals surface area contributed by atoms with Gasteiger partial charge in [0.25, 0.3) is 0 Å². The first-order chi connectivity index (χ1) is 12.9. The van der Waals surface area contributed by atoms with Gasteiger partial charge < -0.3 is 10.2 Å². The largest absolute Gasteiger partial charge is 0.311 e. The molecule has 5 heteroatoms. The lowest BCUT2D eigenvalue weighted by Crippen LogP contribution is -2.66. The molecule has 1 aliphatic heterocycles. The number of sulfone groups is 1. The van der Waals surface area contributed by atoms with Crippen LogP contribution in [0.4, 0.5) is 0 Å². The molecule has 0 aromatic heterocycles. The van der Waals surface area contributed by atoms with Gasteiger partial charge in [0.1, 0.15) is 9.84 Å². The van der Waals surface area contributed by atoms with Crippen molar-refractivity contribution >= 4 is 15.9 Å². The Morgan fingerprint density at radius 1 is 1.26 bits per heavy atom. The van der Waals surface area contributed by atoms with Crippen molar-refractivity contribution in [3.63, 3.8) is 0 Å². The zero-order valence-electron chi connectivity index (χ0n) is 16.5. The SMILES string of the molecule is CC/C(=C\c1ccccc1)[C@@H]1C[C@H]1NC1CC2(C1)CN(CCS(C)(=O)=O)C2. The van der Waals surface area contributed by atoms with Gasteiger partial charge in [-0.25, -0.2) is 8.42 Å². The summed E-state index contributed by atoms with van der Waals surface area (Å²) in [6, 6.07) is 12.0. The Hall–Kier alpha value is -1.17. The predicted molar refractivity (Wildman–Crippen MR) is 111 cm³/mol. The van der Waals surface area contributed by atoms with E-state index in [1.165, 1.54) is 31.1 Å². The van der Waals surface area contributed by atoms with Crippen LogP contribution in [0.15, 0.2) is 35.9 Å². The molecule has 148 valence electrons. The van der Waals surface area contributed by atoms with Gasteiger partial charge in [-0.15, -0.1) is 0 Å². The fourth-order valence-electron chi connectivity index (χ4n) is 5.04. The molecule has 1 saturated heterocycles. The second-order valence-electron chi connectivity index (χ2n) is 9.04. The van der Waals surface area contributed by atoms with Crippen molar-refractivity contribution in [2.75, 3.05) is 31.6 Å². The molecule has 1 N–H and O–H groups in total. The summed E-state index contributed by atoms with van der Waals surface area (Å²) in [7, 11) is -2.84. The Labute approximate surface area is 163 Å². The zero-order valence-corrected chi connectivity index (χ0v) is 17.3. The molecular formula is C22H32N2O2S. The molecule has 0 amide bonds. The number of nitrogens with one attached hydrogen (secondary N) is 1. The highest BCUT2D eigenvalue weighted by Crippen LogP contribution is 2.50. The van der Waals surface area contributed by atoms with Gasteiger partial charge in [0.15, 0.2) is 0 Å². The summed E-state index contributed by atoms with van der Waals surface area (Å²) in [5.74, 6) is 1.00. The van der Waals surface area contributed by atoms with Gasteiger partial charge in [0, 0.05) is 38.0 Å². The Morgan fingerprint density at radius 3 is 2.59 bits per heavy atom. The summed E-state index contributed by atoms with van der Waals surface area (Å²) < 4.78 is 22.6. The Kier molecular flexibility index (Phi) is 5.21. The predicted octanol–water partition coefficient (Wildman–Crippen LogP) is 2.97. The first-order valence-corrected chi connectivity index (χ1v) is 12.3. The summed E-state index contributed by atoms with van der Waals surface area (Å²) in [6.45, 7) is 5.14. The van der Waals surface area contributed by atoms with E-state index in [1.807, 2.05) is 0 Å². The number of hydrogen-bond donors (Lipinski definition) is 1. The van der Waals surface area contributed by atoms with Crippen LogP contribution < -0.4 is 5.32 Å². The molecule has 4 rings (SSSR count). The van der Waals surface area contributed by atoms with Crippen LogP contribution in [0.5, 0.6) is 0 Å². The molecule has 0 bridgehead atoms. The van der Waals surface area contributed by atoms with E-state index in [-0.39, 0.29) is 0 Å². The molecular weight excluding hydrogens is 356 g/mol. The lowest BCUT2D eigenvalue weighted by Gasteiger charge is -2.59. The molecule has 3 fully saturated rings. The van der Waals surface area contributed by atoms with E-state index in [1.54, 1.807) is 5.57 Å². The van der Waals surface area contributed by atoms with E-state index in [9.17, 15) is 8.42 Å². The van der Waals surface area contributed by atoms with Crippen LogP contribution in [-0.4, -0.2) is 57.0 Å². The normalized spacial score (nSPS) is 28.0. The van der Waals surface area contributed by atoms with E-state index >= 15 is 0 Å². The second-order valence-corrected chi connectivity index (χ2v) is 11.3. The van der Waals surface area contributed by atoms with Gasteiger partial charge in [-0.2, -0.15) is 0 Å². The van der Waals surface area contributed by atoms with E-state index < -0.39 is 9.84 Å². The van der Waals surface area contributed by atoms with Gasteiger partial charge in [0.2, 0.25) is 0 Å². The van der Waals surface area contributed by atoms with Crippen LogP contribution in [0.25, 0.3) is 6.08 Å². The second kappa shape index (κ2) is 7.34. The minimum absolute atomic E-state index is 0.294. The maximum atomic E-state index is 11.3. The topological polar surface area (TPSA) is 49.4 Å². The van der Waals surface area contributed by atoms with Gasteiger partial charge in [0.05, 0.1) is 5.75 Å². The third kappa shape index (κ3) is 4.64. The van der Waals surface area contributed by atoms with Crippen molar-refractivity contribution in [1.29, 1.82) is 0 Å². The Balaban J connectivity index is 1.19. The van der Waals surface area contributed by atoms with E-state index in [2.05, 4.69) is 53.5 Å². The Morgan fingerprint density at radius 2 is 1.96 bits per heavy atom. The third-order valence-corrected chi connectivity index (χ3v) is 7.46. The average molecular weight is 389 g/mol. The van der Waals surface area contributed by atoms with Crippen molar-refractivity contribution in [2.24, 2.45) is 11.3 Å². The molecule has 1 heterocycles.